The number of carbonyl (C=O) groups is 1. The standard InChI is InChI=1S/C24H26ClN5O5S/c25-16-11-15-14-26-28-23(15)22(12-16)36(32,33)30-6-3-20(30)24(31)27-17-1-2-19-21(13-17)35-10-7-29(19)18-4-8-34-9-5-18/h1-2,11-14,18,20H,3-10H2,(H,26,28)(H,27,31)/t20-/m0/s1. The highest BCUT2D eigenvalue weighted by Crippen LogP contribution is 2.38. The Hall–Kier alpha value is -2.86. The minimum absolute atomic E-state index is 0.00962. The second-order valence-electron chi connectivity index (χ2n) is 9.22. The van der Waals surface area contributed by atoms with Gasteiger partial charge in [0.1, 0.15) is 23.3 Å². The van der Waals surface area contributed by atoms with E-state index in [0.717, 1.165) is 38.3 Å². The van der Waals surface area contributed by atoms with Gasteiger partial charge in [0.25, 0.3) is 0 Å². The number of H-pyrrole nitrogens is 1. The molecular weight excluding hydrogens is 506 g/mol. The van der Waals surface area contributed by atoms with E-state index in [1.54, 1.807) is 12.1 Å². The third kappa shape index (κ3) is 4.09. The molecule has 2 saturated heterocycles. The number of aromatic amines is 1. The summed E-state index contributed by atoms with van der Waals surface area (Å²) in [4.78, 5) is 15.5. The van der Waals surface area contributed by atoms with E-state index >= 15 is 0 Å². The number of hydrogen-bond acceptors (Lipinski definition) is 7. The molecule has 1 atom stereocenters. The quantitative estimate of drug-likeness (QED) is 0.520. The van der Waals surface area contributed by atoms with Gasteiger partial charge in [-0.2, -0.15) is 9.40 Å². The summed E-state index contributed by atoms with van der Waals surface area (Å²) in [6.45, 7) is 3.14. The van der Waals surface area contributed by atoms with E-state index in [1.807, 2.05) is 12.1 Å². The van der Waals surface area contributed by atoms with Crippen LogP contribution >= 0.6 is 11.6 Å². The zero-order valence-electron chi connectivity index (χ0n) is 19.4. The van der Waals surface area contributed by atoms with Gasteiger partial charge in [-0.15, -0.1) is 0 Å². The van der Waals surface area contributed by atoms with Crippen molar-refractivity contribution in [2.24, 2.45) is 0 Å². The Morgan fingerprint density at radius 2 is 1.94 bits per heavy atom. The van der Waals surface area contributed by atoms with E-state index in [9.17, 15) is 13.2 Å². The number of halogens is 1. The van der Waals surface area contributed by atoms with Gasteiger partial charge in [0, 0.05) is 48.0 Å². The molecule has 2 N–H and O–H groups in total. The average molecular weight is 532 g/mol. The molecule has 36 heavy (non-hydrogen) atoms. The molecule has 0 unspecified atom stereocenters. The van der Waals surface area contributed by atoms with Crippen molar-refractivity contribution in [3.05, 3.63) is 41.6 Å². The summed E-state index contributed by atoms with van der Waals surface area (Å²) < 4.78 is 39.5. The Kier molecular flexibility index (Phi) is 6.03. The predicted molar refractivity (Wildman–Crippen MR) is 135 cm³/mol. The van der Waals surface area contributed by atoms with Crippen LogP contribution in [0.2, 0.25) is 5.02 Å². The van der Waals surface area contributed by atoms with E-state index in [2.05, 4.69) is 20.4 Å². The third-order valence-electron chi connectivity index (χ3n) is 7.10. The second kappa shape index (κ2) is 9.22. The van der Waals surface area contributed by atoms with E-state index in [4.69, 9.17) is 21.1 Å². The number of fused-ring (bicyclic) bond motifs is 2. The smallest absolute Gasteiger partial charge is 0.246 e. The molecule has 190 valence electrons. The number of benzene rings is 2. The van der Waals surface area contributed by atoms with Gasteiger partial charge >= 0.3 is 0 Å². The molecule has 0 spiro atoms. The van der Waals surface area contributed by atoms with Gasteiger partial charge in [-0.25, -0.2) is 8.42 Å². The van der Waals surface area contributed by atoms with Crippen LogP contribution in [0, 0.1) is 0 Å². The minimum atomic E-state index is -3.97. The van der Waals surface area contributed by atoms with Crippen LogP contribution in [0.25, 0.3) is 10.9 Å². The molecular formula is C24H26ClN5O5S. The van der Waals surface area contributed by atoms with Crippen molar-refractivity contribution in [2.45, 2.75) is 36.2 Å². The SMILES string of the molecule is O=C(Nc1ccc2c(c1)OCCN2C1CCOCC1)[C@@H]1CCN1S(=O)(=O)c1cc(Cl)cc2cn[nH]c12. The molecule has 1 aromatic heterocycles. The molecule has 12 heteroatoms. The minimum Gasteiger partial charge on any atom is -0.489 e. The van der Waals surface area contributed by atoms with Gasteiger partial charge < -0.3 is 19.7 Å². The Morgan fingerprint density at radius 3 is 2.72 bits per heavy atom. The first kappa shape index (κ1) is 23.5. The second-order valence-corrected chi connectivity index (χ2v) is 11.5. The number of nitrogens with zero attached hydrogens (tertiary/aromatic N) is 3. The predicted octanol–water partition coefficient (Wildman–Crippen LogP) is 3.00. The zero-order valence-corrected chi connectivity index (χ0v) is 21.0. The van der Waals surface area contributed by atoms with Gasteiger partial charge in [0.2, 0.25) is 15.9 Å². The molecule has 2 aromatic carbocycles. The summed E-state index contributed by atoms with van der Waals surface area (Å²) in [6.07, 6.45) is 3.89. The number of aromatic nitrogens is 2. The Balaban J connectivity index is 1.20. The first-order valence-corrected chi connectivity index (χ1v) is 13.8. The maximum Gasteiger partial charge on any atom is 0.246 e. The molecule has 0 saturated carbocycles. The van der Waals surface area contributed by atoms with Crippen LogP contribution in [0.15, 0.2) is 41.4 Å². The van der Waals surface area contributed by atoms with Crippen molar-refractivity contribution >= 4 is 49.8 Å². The fraction of sp³-hybridized carbons (Fsp3) is 0.417. The van der Waals surface area contributed by atoms with Crippen LogP contribution in [-0.2, 0) is 19.6 Å². The normalized spacial score (nSPS) is 21.0. The maximum absolute atomic E-state index is 13.4. The molecule has 0 aliphatic carbocycles. The Morgan fingerprint density at radius 1 is 1.11 bits per heavy atom. The number of hydrogen-bond donors (Lipinski definition) is 2. The molecule has 6 rings (SSSR count). The fourth-order valence-corrected chi connectivity index (χ4v) is 7.28. The highest BCUT2D eigenvalue weighted by atomic mass is 35.5. The molecule has 4 heterocycles. The van der Waals surface area contributed by atoms with Gasteiger partial charge in [0.15, 0.2) is 0 Å². The lowest BCUT2D eigenvalue weighted by Crippen LogP contribution is -2.56. The number of rotatable bonds is 5. The van der Waals surface area contributed by atoms with Crippen LogP contribution in [0.5, 0.6) is 5.75 Å². The van der Waals surface area contributed by atoms with Crippen LogP contribution in [0.4, 0.5) is 11.4 Å². The molecule has 0 radical (unpaired) electrons. The summed E-state index contributed by atoms with van der Waals surface area (Å²) in [5, 5.41) is 10.4. The summed E-state index contributed by atoms with van der Waals surface area (Å²) in [7, 11) is -3.97. The van der Waals surface area contributed by atoms with E-state index in [1.165, 1.54) is 16.6 Å². The van der Waals surface area contributed by atoms with E-state index < -0.39 is 16.1 Å². The monoisotopic (exact) mass is 531 g/mol. The largest absolute Gasteiger partial charge is 0.489 e. The van der Waals surface area contributed by atoms with Crippen molar-refractivity contribution in [3.63, 3.8) is 0 Å². The number of ether oxygens (including phenoxy) is 2. The van der Waals surface area contributed by atoms with Crippen molar-refractivity contribution in [1.29, 1.82) is 0 Å². The van der Waals surface area contributed by atoms with Crippen LogP contribution in [-0.4, -0.2) is 73.8 Å². The highest BCUT2D eigenvalue weighted by molar-refractivity contribution is 7.89. The fourth-order valence-electron chi connectivity index (χ4n) is 5.15. The molecule has 3 aliphatic rings. The Bertz CT molecular complexity index is 1420. The van der Waals surface area contributed by atoms with Gasteiger partial charge in [0.05, 0.1) is 23.9 Å². The summed E-state index contributed by atoms with van der Waals surface area (Å²) >= 11 is 6.15. The van der Waals surface area contributed by atoms with Crippen molar-refractivity contribution in [3.8, 4) is 5.75 Å². The molecule has 10 nitrogen and oxygen atoms in total. The van der Waals surface area contributed by atoms with E-state index in [0.29, 0.717) is 41.4 Å². The van der Waals surface area contributed by atoms with Gasteiger partial charge in [-0.05, 0) is 43.5 Å². The lowest BCUT2D eigenvalue weighted by Gasteiger charge is -2.40. The topological polar surface area (TPSA) is 117 Å². The number of amides is 1. The molecule has 2 fully saturated rings. The summed E-state index contributed by atoms with van der Waals surface area (Å²) in [6, 6.07) is 8.21. The first-order chi connectivity index (χ1) is 17.4. The van der Waals surface area contributed by atoms with Gasteiger partial charge in [-0.1, -0.05) is 11.6 Å². The van der Waals surface area contributed by atoms with Crippen LogP contribution in [0.3, 0.4) is 0 Å². The van der Waals surface area contributed by atoms with Crippen molar-refractivity contribution < 1.29 is 22.7 Å². The highest BCUT2D eigenvalue weighted by Gasteiger charge is 2.43. The first-order valence-electron chi connectivity index (χ1n) is 12.0. The number of anilines is 2. The summed E-state index contributed by atoms with van der Waals surface area (Å²) in [5.74, 6) is 0.328. The lowest BCUT2D eigenvalue weighted by atomic mass is 10.0. The number of nitrogens with one attached hydrogen (secondary N) is 2. The lowest BCUT2D eigenvalue weighted by molar-refractivity contribution is -0.122. The molecule has 1 amide bonds. The van der Waals surface area contributed by atoms with E-state index in [-0.39, 0.29) is 22.4 Å². The van der Waals surface area contributed by atoms with Crippen molar-refractivity contribution in [2.75, 3.05) is 43.1 Å². The van der Waals surface area contributed by atoms with Crippen LogP contribution in [0.1, 0.15) is 19.3 Å². The Labute approximate surface area is 213 Å². The maximum atomic E-state index is 13.4. The zero-order chi connectivity index (χ0) is 24.9. The number of carbonyl (C=O) groups excluding carboxylic acids is 1. The van der Waals surface area contributed by atoms with Gasteiger partial charge in [-0.3, -0.25) is 9.89 Å². The molecule has 3 aromatic rings. The van der Waals surface area contributed by atoms with Crippen molar-refractivity contribution in [1.82, 2.24) is 14.5 Å². The summed E-state index contributed by atoms with van der Waals surface area (Å²) in [5.41, 5.74) is 1.94. The third-order valence-corrected chi connectivity index (χ3v) is 9.25. The average Bonchev–Trinajstić information content (AvgIpc) is 3.30. The number of sulfonamides is 1. The molecule has 3 aliphatic heterocycles. The molecule has 0 bridgehead atoms. The van der Waals surface area contributed by atoms with Crippen LogP contribution < -0.4 is 15.0 Å².